The Balaban J connectivity index is 0.000000169. The van der Waals surface area contributed by atoms with E-state index in [0.29, 0.717) is 0 Å². The summed E-state index contributed by atoms with van der Waals surface area (Å²) in [7, 11) is 0. The number of aromatic amines is 1. The molecule has 1 unspecified atom stereocenters. The van der Waals surface area contributed by atoms with Crippen LogP contribution in [-0.2, 0) is 6.14 Å². The maximum absolute atomic E-state index is 11.1. The van der Waals surface area contributed by atoms with Gasteiger partial charge in [0.25, 0.3) is 0 Å². The molecule has 3 rings (SSSR count). The Morgan fingerprint density at radius 3 is 2.22 bits per heavy atom. The molecule has 0 saturated heterocycles. The second-order valence-electron chi connectivity index (χ2n) is 3.34. The van der Waals surface area contributed by atoms with Gasteiger partial charge in [0.1, 0.15) is 0 Å². The van der Waals surface area contributed by atoms with Gasteiger partial charge in [0.05, 0.1) is 0 Å². The van der Waals surface area contributed by atoms with Crippen LogP contribution in [-0.4, -0.2) is 5.97 Å². The van der Waals surface area contributed by atoms with E-state index in [1.165, 1.54) is 12.1 Å². The minimum Gasteiger partial charge on any atom is -0.218 e. The summed E-state index contributed by atoms with van der Waals surface area (Å²) in [5.41, 5.74) is 0.152. The van der Waals surface area contributed by atoms with Crippen molar-refractivity contribution in [2.24, 2.45) is 0 Å². The van der Waals surface area contributed by atoms with Gasteiger partial charge in [0.15, 0.2) is 12.4 Å². The van der Waals surface area contributed by atoms with E-state index in [1.54, 1.807) is 12.1 Å². The summed E-state index contributed by atoms with van der Waals surface area (Å²) in [6.07, 6.45) is 3.75. The average molecular weight is 359 g/mol. The minimum absolute atomic E-state index is 0.0504. The van der Waals surface area contributed by atoms with Crippen LogP contribution in [0.4, 0.5) is 0 Å². The van der Waals surface area contributed by atoms with Crippen molar-refractivity contribution in [2.45, 2.75) is 0 Å². The van der Waals surface area contributed by atoms with E-state index in [4.69, 9.17) is 0 Å². The molecule has 2 heterocycles. The van der Waals surface area contributed by atoms with Crippen molar-refractivity contribution >= 4 is 25.2 Å². The van der Waals surface area contributed by atoms with E-state index >= 15 is 0 Å². The maximum Gasteiger partial charge on any atom is 0.166 e. The van der Waals surface area contributed by atoms with E-state index < -0.39 is 25.2 Å². The third-order valence-corrected chi connectivity index (χ3v) is 5.47. The number of H-pyrrole nitrogens is 1. The summed E-state index contributed by atoms with van der Waals surface area (Å²) in [5.74, 6) is -0.757. The number of benzene rings is 1. The molecule has 94 valence electrons. The van der Waals surface area contributed by atoms with Gasteiger partial charge < -0.3 is 0 Å². The number of pyridine rings is 1. The summed E-state index contributed by atoms with van der Waals surface area (Å²) in [4.78, 5) is 13.8. The molecule has 1 N–H and O–H groups in total. The second-order valence-corrected chi connectivity index (χ2v) is 7.34. The van der Waals surface area contributed by atoms with Crippen LogP contribution in [0.1, 0.15) is 10.4 Å². The quantitative estimate of drug-likeness (QED) is 0.660. The van der Waals surface area contributed by atoms with Gasteiger partial charge in [-0.25, -0.2) is 4.98 Å². The standard InChI is InChI=1S/C7H5IO4.C5H5N/c9-7-5-3-1-2-4-6(5)8(10,11)12-7;1-2-4-6-5-3-1/h1-4H,(H,10,11);1-5H. The molecule has 0 saturated carbocycles. The van der Waals surface area contributed by atoms with E-state index in [0.717, 1.165) is 0 Å². The predicted octanol–water partition coefficient (Wildman–Crippen LogP) is 1.11. The van der Waals surface area contributed by atoms with Gasteiger partial charge in [0, 0.05) is 12.1 Å². The molecule has 1 atom stereocenters. The Kier molecular flexibility index (Phi) is 3.78. The molecule has 5 nitrogen and oxygen atoms in total. The first-order valence-electron chi connectivity index (χ1n) is 5.05. The van der Waals surface area contributed by atoms with Crippen molar-refractivity contribution in [1.29, 1.82) is 0 Å². The third kappa shape index (κ3) is 2.77. The Hall–Kier alpha value is -1.67. The van der Waals surface area contributed by atoms with Gasteiger partial charge in [-0.15, -0.1) is 0 Å². The van der Waals surface area contributed by atoms with Crippen molar-refractivity contribution in [3.8, 4) is 0 Å². The first-order valence-corrected chi connectivity index (χ1v) is 8.77. The van der Waals surface area contributed by atoms with Gasteiger partial charge in [-0.05, 0) is 0 Å². The maximum atomic E-state index is 11.1. The number of rotatable bonds is 0. The SMILES string of the molecule is O=C1OI(=O)([O-])c2ccccc21.c1cc[nH+]cc1. The van der Waals surface area contributed by atoms with E-state index in [2.05, 4.69) is 8.05 Å². The third-order valence-electron chi connectivity index (χ3n) is 2.12. The molecule has 1 aromatic heterocycles. The molecule has 1 aromatic carbocycles. The van der Waals surface area contributed by atoms with Crippen molar-refractivity contribution in [1.82, 2.24) is 0 Å². The number of fused-ring (bicyclic) bond motifs is 1. The van der Waals surface area contributed by atoms with Crippen LogP contribution in [0.3, 0.4) is 0 Å². The number of carbonyl (C=O) groups excluding carboxylic acids is 1. The molecule has 18 heavy (non-hydrogen) atoms. The number of hydrogen-bond acceptors (Lipinski definition) is 4. The largest absolute Gasteiger partial charge is 0.218 e. The monoisotopic (exact) mass is 359 g/mol. The smallest absolute Gasteiger partial charge is 0.166 e. The van der Waals surface area contributed by atoms with Crippen LogP contribution in [0.2, 0.25) is 0 Å². The minimum atomic E-state index is -4.79. The van der Waals surface area contributed by atoms with Crippen LogP contribution in [0.15, 0.2) is 54.9 Å². The van der Waals surface area contributed by atoms with Gasteiger partial charge in [-0.2, -0.15) is 0 Å². The molecule has 1 aliphatic heterocycles. The van der Waals surface area contributed by atoms with Crippen LogP contribution in [0.5, 0.6) is 0 Å². The summed E-state index contributed by atoms with van der Waals surface area (Å²) in [6.45, 7) is 0. The van der Waals surface area contributed by atoms with E-state index in [9.17, 15) is 11.3 Å². The second kappa shape index (κ2) is 5.32. The number of hydrogen-bond donors (Lipinski definition) is 0. The van der Waals surface area contributed by atoms with Gasteiger partial charge in [-0.1, -0.05) is 6.07 Å². The molecule has 0 fully saturated rings. The summed E-state index contributed by atoms with van der Waals surface area (Å²) in [6, 6.07) is 11.9. The average Bonchev–Trinajstić information content (AvgIpc) is 2.64. The molecule has 0 amide bonds. The van der Waals surface area contributed by atoms with Gasteiger partial charge >= 0.3 is 73.0 Å². The Labute approximate surface area is 108 Å². The number of halogens is 1. The van der Waals surface area contributed by atoms with Crippen molar-refractivity contribution in [3.05, 3.63) is 64.0 Å². The van der Waals surface area contributed by atoms with Gasteiger partial charge in [0.2, 0.25) is 0 Å². The molecule has 6 heteroatoms. The molecule has 1 aliphatic rings. The molecule has 0 spiro atoms. The van der Waals surface area contributed by atoms with E-state index in [-0.39, 0.29) is 9.13 Å². The fraction of sp³-hybridized carbons (Fsp3) is 0. The zero-order chi connectivity index (χ0) is 13.0. The summed E-state index contributed by atoms with van der Waals surface area (Å²) < 4.78 is 26.5. The van der Waals surface area contributed by atoms with Crippen LogP contribution in [0.25, 0.3) is 0 Å². The summed E-state index contributed by atoms with van der Waals surface area (Å²) in [5, 5.41) is 0. The number of nitrogens with one attached hydrogen (secondary N) is 1. The van der Waals surface area contributed by atoms with Crippen LogP contribution < -0.4 is 8.42 Å². The molecular formula is C12H10INO4. The zero-order valence-corrected chi connectivity index (χ0v) is 11.4. The molecule has 0 radical (unpaired) electrons. The topological polar surface area (TPSA) is 80.6 Å². The van der Waals surface area contributed by atoms with Gasteiger partial charge in [-0.3, -0.25) is 0 Å². The fourth-order valence-electron chi connectivity index (χ4n) is 1.35. The molecule has 2 aromatic rings. The Morgan fingerprint density at radius 2 is 1.72 bits per heavy atom. The van der Waals surface area contributed by atoms with Crippen molar-refractivity contribution < 1.29 is 19.3 Å². The first-order chi connectivity index (χ1) is 8.61. The Bertz CT molecular complexity index is 573. The molecule has 0 bridgehead atoms. The fourth-order valence-corrected chi connectivity index (χ4v) is 4.11. The summed E-state index contributed by atoms with van der Waals surface area (Å²) >= 11 is -4.79. The molecular weight excluding hydrogens is 349 g/mol. The normalized spacial score (nSPS) is 23.9. The van der Waals surface area contributed by atoms with Crippen molar-refractivity contribution in [2.75, 3.05) is 0 Å². The predicted molar refractivity (Wildman–Crippen MR) is 68.3 cm³/mol. The number of aromatic nitrogens is 1. The van der Waals surface area contributed by atoms with E-state index in [1.807, 2.05) is 30.6 Å². The van der Waals surface area contributed by atoms with Crippen LogP contribution >= 0.6 is 19.3 Å². The number of carbonyl (C=O) groups is 1. The van der Waals surface area contributed by atoms with Crippen molar-refractivity contribution in [3.63, 3.8) is 0 Å². The zero-order valence-electron chi connectivity index (χ0n) is 9.21. The first kappa shape index (κ1) is 12.8. The Morgan fingerprint density at radius 1 is 1.06 bits per heavy atom. The van der Waals surface area contributed by atoms with Crippen LogP contribution in [0, 0.1) is 3.57 Å². The molecule has 0 aliphatic carbocycles.